The Morgan fingerprint density at radius 1 is 1.00 bits per heavy atom. The molecule has 0 spiro atoms. The third-order valence-electron chi connectivity index (χ3n) is 3.54. The van der Waals surface area contributed by atoms with Crippen molar-refractivity contribution in [1.82, 2.24) is 0 Å². The van der Waals surface area contributed by atoms with Crippen LogP contribution < -0.4 is 4.74 Å². The number of carbonyl (C=O) groups is 1. The lowest BCUT2D eigenvalue weighted by molar-refractivity contribution is -0.107. The van der Waals surface area contributed by atoms with Crippen molar-refractivity contribution in [2.45, 2.75) is 6.61 Å². The molecule has 0 heterocycles. The van der Waals surface area contributed by atoms with Crippen molar-refractivity contribution in [2.75, 3.05) is 0 Å². The summed E-state index contributed by atoms with van der Waals surface area (Å²) < 4.78 is 5.90. The second kappa shape index (κ2) is 7.12. The van der Waals surface area contributed by atoms with Crippen LogP contribution in [0.3, 0.4) is 0 Å². The predicted molar refractivity (Wildman–Crippen MR) is 94.6 cm³/mol. The number of allylic oxidation sites excluding steroid dienone is 1. The maximum absolute atomic E-state index is 10.8. The highest BCUT2D eigenvalue weighted by atomic mass is 35.5. The molecule has 0 amide bonds. The van der Waals surface area contributed by atoms with E-state index in [1.807, 2.05) is 42.5 Å². The molecule has 3 rings (SSSR count). The summed E-state index contributed by atoms with van der Waals surface area (Å²) in [7, 11) is 0. The molecule has 0 radical (unpaired) electrons. The Hall–Kier alpha value is -2.58. The van der Waals surface area contributed by atoms with Gasteiger partial charge in [0.25, 0.3) is 0 Å². The average molecular weight is 323 g/mol. The molecule has 0 aliphatic carbocycles. The van der Waals surface area contributed by atoms with Crippen LogP contribution in [0.5, 0.6) is 5.75 Å². The predicted octanol–water partition coefficient (Wildman–Crippen LogP) is 5.20. The Bertz CT molecular complexity index is 863. The quantitative estimate of drug-likeness (QED) is 0.477. The molecule has 0 N–H and O–H groups in total. The van der Waals surface area contributed by atoms with E-state index in [1.165, 1.54) is 16.8 Å². The number of carbonyl (C=O) groups excluding carboxylic acids is 1. The van der Waals surface area contributed by atoms with Gasteiger partial charge in [-0.3, -0.25) is 4.79 Å². The van der Waals surface area contributed by atoms with Gasteiger partial charge in [-0.15, -0.1) is 0 Å². The van der Waals surface area contributed by atoms with E-state index < -0.39 is 5.24 Å². The summed E-state index contributed by atoms with van der Waals surface area (Å²) in [6, 6.07) is 22.0. The van der Waals surface area contributed by atoms with Crippen molar-refractivity contribution in [3.63, 3.8) is 0 Å². The molecule has 0 aliphatic heterocycles. The van der Waals surface area contributed by atoms with Gasteiger partial charge in [-0.05, 0) is 51.7 Å². The van der Waals surface area contributed by atoms with E-state index in [2.05, 4.69) is 24.3 Å². The Kier molecular flexibility index (Phi) is 4.74. The van der Waals surface area contributed by atoms with Gasteiger partial charge in [-0.1, -0.05) is 60.7 Å². The van der Waals surface area contributed by atoms with Crippen LogP contribution in [0.15, 0.2) is 72.8 Å². The molecule has 3 heteroatoms. The first-order valence-electron chi connectivity index (χ1n) is 7.29. The minimum Gasteiger partial charge on any atom is -0.489 e. The van der Waals surface area contributed by atoms with Crippen LogP contribution in [0.2, 0.25) is 0 Å². The molecule has 0 atom stereocenters. The summed E-state index contributed by atoms with van der Waals surface area (Å²) in [5.41, 5.74) is 2.01. The van der Waals surface area contributed by atoms with E-state index in [0.29, 0.717) is 6.61 Å². The highest BCUT2D eigenvalue weighted by molar-refractivity contribution is 6.66. The van der Waals surface area contributed by atoms with Gasteiger partial charge in [0.2, 0.25) is 5.24 Å². The van der Waals surface area contributed by atoms with Gasteiger partial charge in [0, 0.05) is 0 Å². The molecule has 0 aliphatic rings. The fourth-order valence-electron chi connectivity index (χ4n) is 2.45. The first-order valence-corrected chi connectivity index (χ1v) is 7.67. The van der Waals surface area contributed by atoms with Crippen LogP contribution in [0.25, 0.3) is 16.8 Å². The lowest BCUT2D eigenvalue weighted by atomic mass is 10.1. The molecule has 0 bridgehead atoms. The standard InChI is InChI=1S/C20H15ClO2/c21-20(22)12-11-15-5-3-9-18(13-15)23-14-17-8-4-7-16-6-1-2-10-19(16)17/h1-13H,14H2. The summed E-state index contributed by atoms with van der Waals surface area (Å²) in [6.07, 6.45) is 2.99. The molecule has 0 aromatic heterocycles. The Morgan fingerprint density at radius 3 is 2.65 bits per heavy atom. The highest BCUT2D eigenvalue weighted by Crippen LogP contribution is 2.21. The molecule has 0 saturated carbocycles. The topological polar surface area (TPSA) is 26.3 Å². The first kappa shape index (κ1) is 15.3. The van der Waals surface area contributed by atoms with Gasteiger partial charge in [0.15, 0.2) is 0 Å². The van der Waals surface area contributed by atoms with Gasteiger partial charge in [-0.25, -0.2) is 0 Å². The van der Waals surface area contributed by atoms with Crippen LogP contribution in [-0.2, 0) is 11.4 Å². The van der Waals surface area contributed by atoms with E-state index in [1.54, 1.807) is 6.08 Å². The maximum Gasteiger partial charge on any atom is 0.245 e. The molecule has 0 fully saturated rings. The first-order chi connectivity index (χ1) is 11.2. The summed E-state index contributed by atoms with van der Waals surface area (Å²) in [4.78, 5) is 10.8. The minimum atomic E-state index is -0.493. The third-order valence-corrected chi connectivity index (χ3v) is 3.67. The van der Waals surface area contributed by atoms with Crippen molar-refractivity contribution in [3.8, 4) is 5.75 Å². The maximum atomic E-state index is 10.8. The monoisotopic (exact) mass is 322 g/mol. The number of hydrogen-bond acceptors (Lipinski definition) is 2. The van der Waals surface area contributed by atoms with Crippen LogP contribution in [-0.4, -0.2) is 5.24 Å². The molecule has 23 heavy (non-hydrogen) atoms. The number of rotatable bonds is 5. The van der Waals surface area contributed by atoms with Gasteiger partial charge in [0.05, 0.1) is 0 Å². The van der Waals surface area contributed by atoms with Crippen LogP contribution in [0, 0.1) is 0 Å². The zero-order valence-corrected chi connectivity index (χ0v) is 13.2. The number of ether oxygens (including phenoxy) is 1. The SMILES string of the molecule is O=C(Cl)C=Cc1cccc(OCc2cccc3ccccc23)c1. The molecule has 3 aromatic rings. The van der Waals surface area contributed by atoms with Crippen molar-refractivity contribution in [1.29, 1.82) is 0 Å². The van der Waals surface area contributed by atoms with E-state index in [0.717, 1.165) is 16.9 Å². The Balaban J connectivity index is 1.77. The number of halogens is 1. The summed E-state index contributed by atoms with van der Waals surface area (Å²) in [6.45, 7) is 0.489. The number of benzene rings is 3. The van der Waals surface area contributed by atoms with E-state index in [4.69, 9.17) is 16.3 Å². The van der Waals surface area contributed by atoms with Crippen LogP contribution in [0.4, 0.5) is 0 Å². The van der Waals surface area contributed by atoms with Crippen LogP contribution in [0.1, 0.15) is 11.1 Å². The highest BCUT2D eigenvalue weighted by Gasteiger charge is 2.02. The Labute approximate surface area is 140 Å². The fraction of sp³-hybridized carbons (Fsp3) is 0.0500. The molecule has 114 valence electrons. The normalized spacial score (nSPS) is 11.0. The van der Waals surface area contributed by atoms with E-state index in [-0.39, 0.29) is 0 Å². The lowest BCUT2D eigenvalue weighted by Crippen LogP contribution is -1.96. The largest absolute Gasteiger partial charge is 0.489 e. The zero-order valence-electron chi connectivity index (χ0n) is 12.4. The van der Waals surface area contributed by atoms with Gasteiger partial charge in [-0.2, -0.15) is 0 Å². The van der Waals surface area contributed by atoms with Gasteiger partial charge < -0.3 is 4.74 Å². The zero-order chi connectivity index (χ0) is 16.1. The van der Waals surface area contributed by atoms with Crippen molar-refractivity contribution in [3.05, 3.63) is 83.9 Å². The smallest absolute Gasteiger partial charge is 0.245 e. The van der Waals surface area contributed by atoms with E-state index in [9.17, 15) is 4.79 Å². The number of hydrogen-bond donors (Lipinski definition) is 0. The summed E-state index contributed by atoms with van der Waals surface area (Å²) >= 11 is 5.31. The molecule has 0 unspecified atom stereocenters. The lowest BCUT2D eigenvalue weighted by Gasteiger charge is -2.09. The molecule has 0 saturated heterocycles. The minimum absolute atomic E-state index is 0.489. The van der Waals surface area contributed by atoms with Gasteiger partial charge >= 0.3 is 0 Å². The molecular formula is C20H15ClO2. The number of fused-ring (bicyclic) bond motifs is 1. The fourth-order valence-corrected chi connectivity index (χ4v) is 2.51. The molecule has 2 nitrogen and oxygen atoms in total. The third kappa shape index (κ3) is 3.99. The molecular weight excluding hydrogens is 308 g/mol. The second-order valence-corrected chi connectivity index (χ2v) is 5.51. The van der Waals surface area contributed by atoms with Crippen molar-refractivity contribution < 1.29 is 9.53 Å². The Morgan fingerprint density at radius 2 is 1.78 bits per heavy atom. The van der Waals surface area contributed by atoms with E-state index >= 15 is 0 Å². The van der Waals surface area contributed by atoms with Crippen LogP contribution >= 0.6 is 11.6 Å². The van der Waals surface area contributed by atoms with Gasteiger partial charge in [0.1, 0.15) is 12.4 Å². The summed E-state index contributed by atoms with van der Waals surface area (Å²) in [5, 5.41) is 1.90. The molecule has 3 aromatic carbocycles. The summed E-state index contributed by atoms with van der Waals surface area (Å²) in [5.74, 6) is 0.752. The average Bonchev–Trinajstić information content (AvgIpc) is 2.58. The van der Waals surface area contributed by atoms with Crippen molar-refractivity contribution >= 4 is 33.7 Å². The second-order valence-electron chi connectivity index (χ2n) is 5.14. The van der Waals surface area contributed by atoms with Crippen molar-refractivity contribution in [2.24, 2.45) is 0 Å².